The van der Waals surface area contributed by atoms with Crippen molar-refractivity contribution in [2.75, 3.05) is 26.3 Å². The van der Waals surface area contributed by atoms with E-state index in [-0.39, 0.29) is 95.1 Å². The number of aliphatic imine (C=N–C) groups is 2. The van der Waals surface area contributed by atoms with Crippen LogP contribution in [-0.4, -0.2) is 80.0 Å². The number of benzene rings is 5. The zero-order chi connectivity index (χ0) is 46.6. The molecule has 0 bridgehead atoms. The third-order valence-corrected chi connectivity index (χ3v) is 10.1. The van der Waals surface area contributed by atoms with Gasteiger partial charge < -0.3 is 53.1 Å². The summed E-state index contributed by atoms with van der Waals surface area (Å²) >= 11 is 0. The molecule has 0 unspecified atom stereocenters. The summed E-state index contributed by atoms with van der Waals surface area (Å²) in [5.74, 6) is -1.92. The summed E-state index contributed by atoms with van der Waals surface area (Å²) < 4.78 is 18.0. The van der Waals surface area contributed by atoms with E-state index in [1.807, 2.05) is 84.9 Å². The van der Waals surface area contributed by atoms with Crippen molar-refractivity contribution in [3.05, 3.63) is 134 Å². The molecule has 0 aromatic heterocycles. The Hall–Kier alpha value is -7.30. The zero-order valence-electron chi connectivity index (χ0n) is 37.1. The molecule has 0 aliphatic heterocycles. The number of esters is 1. The molecule has 5 aromatic carbocycles. The van der Waals surface area contributed by atoms with E-state index in [1.54, 1.807) is 24.3 Å². The third kappa shape index (κ3) is 16.3. The fourth-order valence-corrected chi connectivity index (χ4v) is 7.09. The van der Waals surface area contributed by atoms with E-state index < -0.39 is 48.4 Å². The summed E-state index contributed by atoms with van der Waals surface area (Å²) in [6.07, 6.45) is 3.92. The normalized spacial score (nSPS) is 11.8. The lowest BCUT2D eigenvalue weighted by Gasteiger charge is -2.25. The standard InChI is InChI=1S/C49H57N9O7.2ClH/c1-3-14-39(47(62)65-30-32-15-6-5-7-16-32)58-46(61)38(22-13-28-55-49(52)53)57-45(60)37(21-12-27-54-48(50)51)56-42(59)31-64-41-26-24-34-18-9-11-20-36(34)44(41)43-35-19-10-8-17-33(35)23-25-40(43)63-29-4-2;;/h3-11,15-20,23-26,37-39H,1-2,12-14,21-22,27-31H2,(H,56,59)(H,57,60)(H,58,61)(H4,50,51,54)(H4,52,53,55);2*1H/t37-,38-,39+;;/m1../s1. The number of nitrogens with two attached hydrogens (primary N) is 4. The number of fused-ring (bicyclic) bond motifs is 2. The fourth-order valence-electron chi connectivity index (χ4n) is 7.09. The summed E-state index contributed by atoms with van der Waals surface area (Å²) in [6, 6.07) is 28.9. The van der Waals surface area contributed by atoms with Crippen molar-refractivity contribution in [3.8, 4) is 22.6 Å². The molecule has 5 rings (SSSR count). The highest BCUT2D eigenvalue weighted by atomic mass is 35.5. The number of rotatable bonds is 25. The van der Waals surface area contributed by atoms with Gasteiger partial charge in [0.25, 0.3) is 5.91 Å². The largest absolute Gasteiger partial charge is 0.489 e. The lowest BCUT2D eigenvalue weighted by molar-refractivity contribution is -0.149. The minimum Gasteiger partial charge on any atom is -0.489 e. The average Bonchev–Trinajstić information content (AvgIpc) is 3.30. The number of hydrogen-bond donors (Lipinski definition) is 7. The van der Waals surface area contributed by atoms with Gasteiger partial charge in [-0.2, -0.15) is 0 Å². The molecular weight excluding hydrogens is 898 g/mol. The van der Waals surface area contributed by atoms with Gasteiger partial charge >= 0.3 is 5.97 Å². The van der Waals surface area contributed by atoms with Gasteiger partial charge in [-0.15, -0.1) is 31.4 Å². The Labute approximate surface area is 402 Å². The maximum Gasteiger partial charge on any atom is 0.329 e. The van der Waals surface area contributed by atoms with Crippen molar-refractivity contribution in [2.45, 2.75) is 56.8 Å². The van der Waals surface area contributed by atoms with Crippen LogP contribution in [0.15, 0.2) is 138 Å². The summed E-state index contributed by atoms with van der Waals surface area (Å²) in [6.45, 7) is 7.63. The van der Waals surface area contributed by atoms with Crippen LogP contribution in [0.4, 0.5) is 0 Å². The summed E-state index contributed by atoms with van der Waals surface area (Å²) in [7, 11) is 0. The number of nitrogens with one attached hydrogen (secondary N) is 3. The summed E-state index contributed by atoms with van der Waals surface area (Å²) in [5, 5.41) is 11.9. The van der Waals surface area contributed by atoms with Gasteiger partial charge in [0.15, 0.2) is 18.5 Å². The smallest absolute Gasteiger partial charge is 0.329 e. The Morgan fingerprint density at radius 1 is 0.597 bits per heavy atom. The minimum atomic E-state index is -1.18. The topological polar surface area (TPSA) is 261 Å². The fraction of sp³-hybridized carbons (Fsp3) is 0.265. The van der Waals surface area contributed by atoms with Crippen LogP contribution < -0.4 is 48.4 Å². The molecule has 16 nitrogen and oxygen atoms in total. The molecule has 0 heterocycles. The highest BCUT2D eigenvalue weighted by Crippen LogP contribution is 2.45. The zero-order valence-corrected chi connectivity index (χ0v) is 38.7. The van der Waals surface area contributed by atoms with Crippen molar-refractivity contribution in [1.82, 2.24) is 16.0 Å². The first-order valence-electron chi connectivity index (χ1n) is 21.2. The van der Waals surface area contributed by atoms with Crippen molar-refractivity contribution >= 4 is 82.0 Å². The average molecular weight is 957 g/mol. The first-order chi connectivity index (χ1) is 31.5. The van der Waals surface area contributed by atoms with Crippen LogP contribution in [0.3, 0.4) is 0 Å². The number of nitrogens with zero attached hydrogens (tertiary/aromatic N) is 2. The molecule has 5 aromatic rings. The SMILES string of the molecule is C=CCOc1ccc2ccccc2c1-c1c(OCC(=O)N[C@H](CCCN=C(N)N)C(=O)N[C@H](CCCN=C(N)N)C(=O)N[C@@H](CC=C)C(=O)OCc2ccccc2)ccc2ccccc12.Cl.Cl. The maximum atomic E-state index is 14.1. The lowest BCUT2D eigenvalue weighted by atomic mass is 9.92. The predicted molar refractivity (Wildman–Crippen MR) is 269 cm³/mol. The predicted octanol–water partition coefficient (Wildman–Crippen LogP) is 5.33. The Bertz CT molecular complexity index is 2520. The Morgan fingerprint density at radius 3 is 1.61 bits per heavy atom. The molecule has 0 aliphatic rings. The van der Waals surface area contributed by atoms with Crippen LogP contribution in [0.25, 0.3) is 32.7 Å². The van der Waals surface area contributed by atoms with Gasteiger partial charge in [-0.25, -0.2) is 4.79 Å². The quantitative estimate of drug-likeness (QED) is 0.0129. The van der Waals surface area contributed by atoms with E-state index in [0.29, 0.717) is 17.1 Å². The van der Waals surface area contributed by atoms with Crippen LogP contribution in [0, 0.1) is 0 Å². The highest BCUT2D eigenvalue weighted by Gasteiger charge is 2.30. The second-order valence-corrected chi connectivity index (χ2v) is 15.0. The van der Waals surface area contributed by atoms with Crippen molar-refractivity contribution < 1.29 is 33.4 Å². The number of guanidine groups is 2. The molecule has 0 saturated heterocycles. The second-order valence-electron chi connectivity index (χ2n) is 15.0. The van der Waals surface area contributed by atoms with Gasteiger partial charge in [0.1, 0.15) is 42.8 Å². The summed E-state index contributed by atoms with van der Waals surface area (Å²) in [4.78, 5) is 63.1. The molecule has 11 N–H and O–H groups in total. The van der Waals surface area contributed by atoms with Crippen molar-refractivity contribution in [3.63, 3.8) is 0 Å². The van der Waals surface area contributed by atoms with Crippen LogP contribution in [-0.2, 0) is 30.5 Å². The van der Waals surface area contributed by atoms with Gasteiger partial charge in [0, 0.05) is 24.2 Å². The Kier molecular flexibility index (Phi) is 22.5. The number of hydrogen-bond acceptors (Lipinski definition) is 9. The Balaban J connectivity index is 0.00000595. The molecule has 67 heavy (non-hydrogen) atoms. The van der Waals surface area contributed by atoms with Crippen LogP contribution in [0.1, 0.15) is 37.7 Å². The van der Waals surface area contributed by atoms with E-state index in [4.69, 9.17) is 37.1 Å². The van der Waals surface area contributed by atoms with Gasteiger partial charge in [-0.05, 0) is 71.3 Å². The van der Waals surface area contributed by atoms with E-state index >= 15 is 0 Å². The van der Waals surface area contributed by atoms with Crippen LogP contribution >= 0.6 is 24.8 Å². The first-order valence-corrected chi connectivity index (χ1v) is 21.2. The lowest BCUT2D eigenvalue weighted by Crippen LogP contribution is -2.56. The molecule has 0 aliphatic carbocycles. The number of carbonyl (C=O) groups is 4. The molecule has 0 saturated carbocycles. The van der Waals surface area contributed by atoms with Crippen molar-refractivity contribution in [2.24, 2.45) is 32.9 Å². The number of ether oxygens (including phenoxy) is 3. The maximum absolute atomic E-state index is 14.1. The van der Waals surface area contributed by atoms with Crippen molar-refractivity contribution in [1.29, 1.82) is 0 Å². The number of carbonyl (C=O) groups excluding carboxylic acids is 4. The minimum absolute atomic E-state index is 0. The molecule has 3 atom stereocenters. The third-order valence-electron chi connectivity index (χ3n) is 10.1. The Morgan fingerprint density at radius 2 is 1.09 bits per heavy atom. The van der Waals surface area contributed by atoms with E-state index in [0.717, 1.165) is 32.7 Å². The second kappa shape index (κ2) is 27.9. The van der Waals surface area contributed by atoms with E-state index in [9.17, 15) is 19.2 Å². The first kappa shape index (κ1) is 54.0. The monoisotopic (exact) mass is 955 g/mol. The molecule has 0 radical (unpaired) electrons. The number of amides is 3. The van der Waals surface area contributed by atoms with E-state index in [1.165, 1.54) is 6.08 Å². The van der Waals surface area contributed by atoms with Gasteiger partial charge in [0.05, 0.1) is 0 Å². The van der Waals surface area contributed by atoms with Gasteiger partial charge in [0.2, 0.25) is 11.8 Å². The molecule has 0 fully saturated rings. The number of halogens is 2. The molecular formula is C49H59Cl2N9O7. The molecule has 356 valence electrons. The van der Waals surface area contributed by atoms with Gasteiger partial charge in [-0.1, -0.05) is 110 Å². The molecule has 0 spiro atoms. The van der Waals surface area contributed by atoms with Crippen LogP contribution in [0.5, 0.6) is 11.5 Å². The summed E-state index contributed by atoms with van der Waals surface area (Å²) in [5.41, 5.74) is 24.4. The molecule has 3 amide bonds. The van der Waals surface area contributed by atoms with Gasteiger partial charge in [-0.3, -0.25) is 24.4 Å². The van der Waals surface area contributed by atoms with E-state index in [2.05, 4.69) is 39.1 Å². The van der Waals surface area contributed by atoms with Crippen LogP contribution in [0.2, 0.25) is 0 Å². The molecule has 18 heteroatoms. The highest BCUT2D eigenvalue weighted by molar-refractivity contribution is 6.10.